The summed E-state index contributed by atoms with van der Waals surface area (Å²) in [4.78, 5) is 37.9. The molecule has 0 amide bonds. The van der Waals surface area contributed by atoms with Crippen LogP contribution in [0.4, 0.5) is 0 Å². The zero-order valence-electron chi connectivity index (χ0n) is 20.5. The van der Waals surface area contributed by atoms with Gasteiger partial charge in [-0.3, -0.25) is 9.59 Å². The Balaban J connectivity index is 2.04. The number of ketones is 2. The van der Waals surface area contributed by atoms with Gasteiger partial charge in [0.25, 0.3) is 0 Å². The van der Waals surface area contributed by atoms with E-state index < -0.39 is 17.5 Å². The summed E-state index contributed by atoms with van der Waals surface area (Å²) in [5, 5.41) is 0. The Morgan fingerprint density at radius 3 is 1.72 bits per heavy atom. The van der Waals surface area contributed by atoms with Gasteiger partial charge in [0.15, 0.2) is 23.0 Å². The van der Waals surface area contributed by atoms with Crippen LogP contribution in [-0.4, -0.2) is 53.1 Å². The van der Waals surface area contributed by atoms with Crippen molar-refractivity contribution in [3.8, 4) is 34.8 Å². The Morgan fingerprint density at radius 1 is 0.583 bits per heavy atom. The Morgan fingerprint density at radius 2 is 1.14 bits per heavy atom. The van der Waals surface area contributed by atoms with Crippen LogP contribution < -0.4 is 18.9 Å². The van der Waals surface area contributed by atoms with Gasteiger partial charge in [0.1, 0.15) is 0 Å². The van der Waals surface area contributed by atoms with Crippen LogP contribution >= 0.6 is 0 Å². The summed E-state index contributed by atoms with van der Waals surface area (Å²) in [6.45, 7) is 0. The molecule has 0 aliphatic rings. The fourth-order valence-corrected chi connectivity index (χ4v) is 3.35. The van der Waals surface area contributed by atoms with Crippen LogP contribution in [-0.2, 0) is 4.74 Å². The van der Waals surface area contributed by atoms with Gasteiger partial charge in [0.2, 0.25) is 11.6 Å². The van der Waals surface area contributed by atoms with Gasteiger partial charge in [-0.2, -0.15) is 0 Å². The molecule has 0 atom stereocenters. The topological polar surface area (TPSA) is 97.4 Å². The highest BCUT2D eigenvalue weighted by atomic mass is 16.5. The maximum Gasteiger partial charge on any atom is 0.337 e. The first-order valence-electron chi connectivity index (χ1n) is 10.6. The second-order valence-corrected chi connectivity index (χ2v) is 7.30. The summed E-state index contributed by atoms with van der Waals surface area (Å²) in [5.41, 5.74) is 1.29. The molecule has 36 heavy (non-hydrogen) atoms. The van der Waals surface area contributed by atoms with Crippen LogP contribution in [0.3, 0.4) is 0 Å². The van der Waals surface area contributed by atoms with Gasteiger partial charge in [0.05, 0.1) is 41.1 Å². The smallest absolute Gasteiger partial charge is 0.337 e. The number of hydrogen-bond acceptors (Lipinski definition) is 8. The number of methoxy groups -OCH3 is 5. The van der Waals surface area contributed by atoms with Gasteiger partial charge >= 0.3 is 5.97 Å². The molecule has 3 rings (SSSR count). The van der Waals surface area contributed by atoms with E-state index in [1.54, 1.807) is 18.2 Å². The first-order valence-corrected chi connectivity index (χ1v) is 10.6. The van der Waals surface area contributed by atoms with Crippen LogP contribution in [0.2, 0.25) is 0 Å². The largest absolute Gasteiger partial charge is 0.493 e. The minimum Gasteiger partial charge on any atom is -0.493 e. The molecule has 0 N–H and O–H groups in total. The molecule has 0 spiro atoms. The molecule has 0 radical (unpaired) electrons. The zero-order valence-corrected chi connectivity index (χ0v) is 20.5. The van der Waals surface area contributed by atoms with Crippen molar-refractivity contribution in [1.82, 2.24) is 0 Å². The Labute approximate surface area is 208 Å². The standard InChI is InChI=1S/C28H24O8/c1-32-22-13-7-17(14-23(22)33-2)6-8-20-15-24(34-3)25(35-4)16-21(20)27(30)26(29)18-9-11-19(12-10-18)28(31)36-5/h7,9-16H,1-5H3. The third kappa shape index (κ3) is 5.47. The average molecular weight is 488 g/mol. The monoisotopic (exact) mass is 488 g/mol. The molecule has 0 unspecified atom stereocenters. The van der Waals surface area contributed by atoms with Gasteiger partial charge in [-0.1, -0.05) is 24.0 Å². The molecule has 0 bridgehead atoms. The lowest BCUT2D eigenvalue weighted by atomic mass is 9.96. The molecule has 8 nitrogen and oxygen atoms in total. The van der Waals surface area contributed by atoms with E-state index in [1.165, 1.54) is 71.9 Å². The zero-order chi connectivity index (χ0) is 26.2. The van der Waals surface area contributed by atoms with Crippen molar-refractivity contribution in [2.45, 2.75) is 0 Å². The fraction of sp³-hybridized carbons (Fsp3) is 0.179. The highest BCUT2D eigenvalue weighted by molar-refractivity contribution is 6.49. The van der Waals surface area contributed by atoms with Crippen molar-refractivity contribution in [3.05, 3.63) is 82.4 Å². The first-order chi connectivity index (χ1) is 17.4. The molecular weight excluding hydrogens is 464 g/mol. The normalized spacial score (nSPS) is 9.92. The number of carbonyl (C=O) groups is 3. The molecule has 0 aliphatic carbocycles. The summed E-state index contributed by atoms with van der Waals surface area (Å²) >= 11 is 0. The third-order valence-corrected chi connectivity index (χ3v) is 5.27. The molecule has 3 aromatic rings. The number of rotatable bonds is 8. The van der Waals surface area contributed by atoms with Crippen LogP contribution in [0.5, 0.6) is 23.0 Å². The Hall–Kier alpha value is -4.77. The van der Waals surface area contributed by atoms with Crippen molar-refractivity contribution >= 4 is 17.5 Å². The number of ether oxygens (including phenoxy) is 5. The minimum atomic E-state index is -0.793. The summed E-state index contributed by atoms with van der Waals surface area (Å²) in [6.07, 6.45) is 0. The van der Waals surface area contributed by atoms with Crippen LogP contribution in [0.1, 0.15) is 42.2 Å². The summed E-state index contributed by atoms with van der Waals surface area (Å²) in [7, 11) is 7.19. The van der Waals surface area contributed by atoms with E-state index in [9.17, 15) is 14.4 Å². The highest BCUT2D eigenvalue weighted by Crippen LogP contribution is 2.31. The maximum absolute atomic E-state index is 13.3. The lowest BCUT2D eigenvalue weighted by Gasteiger charge is -2.11. The maximum atomic E-state index is 13.3. The molecule has 0 aliphatic heterocycles. The third-order valence-electron chi connectivity index (χ3n) is 5.27. The fourth-order valence-electron chi connectivity index (χ4n) is 3.35. The predicted molar refractivity (Wildman–Crippen MR) is 132 cm³/mol. The lowest BCUT2D eigenvalue weighted by molar-refractivity contribution is 0.0600. The van der Waals surface area contributed by atoms with Crippen molar-refractivity contribution in [2.24, 2.45) is 0 Å². The number of esters is 1. The van der Waals surface area contributed by atoms with Gasteiger partial charge in [0, 0.05) is 28.3 Å². The second-order valence-electron chi connectivity index (χ2n) is 7.30. The van der Waals surface area contributed by atoms with E-state index in [0.29, 0.717) is 22.8 Å². The molecule has 0 aromatic heterocycles. The Kier molecular flexibility index (Phi) is 8.31. The molecule has 8 heteroatoms. The Bertz CT molecular complexity index is 1360. The molecule has 0 heterocycles. The highest BCUT2D eigenvalue weighted by Gasteiger charge is 2.24. The van der Waals surface area contributed by atoms with E-state index >= 15 is 0 Å². The number of carbonyl (C=O) groups excluding carboxylic acids is 3. The number of hydrogen-bond donors (Lipinski definition) is 0. The number of benzene rings is 3. The SMILES string of the molecule is COC(=O)c1ccc(C(=O)C(=O)c2cc(OC)c(OC)cc2C#Cc2ccc(OC)c(OC)c2)cc1. The molecule has 0 saturated carbocycles. The minimum absolute atomic E-state index is 0.0441. The van der Waals surface area contributed by atoms with Crippen molar-refractivity contribution in [1.29, 1.82) is 0 Å². The van der Waals surface area contributed by atoms with E-state index in [4.69, 9.17) is 18.9 Å². The predicted octanol–water partition coefficient (Wildman–Crippen LogP) is 3.97. The van der Waals surface area contributed by atoms with Gasteiger partial charge < -0.3 is 23.7 Å². The molecule has 184 valence electrons. The lowest BCUT2D eigenvalue weighted by Crippen LogP contribution is -2.16. The average Bonchev–Trinajstić information content (AvgIpc) is 2.94. The van der Waals surface area contributed by atoms with E-state index in [0.717, 1.165) is 0 Å². The van der Waals surface area contributed by atoms with Crippen molar-refractivity contribution in [3.63, 3.8) is 0 Å². The summed E-state index contributed by atoms with van der Waals surface area (Å²) < 4.78 is 25.9. The van der Waals surface area contributed by atoms with Gasteiger partial charge in [-0.25, -0.2) is 4.79 Å². The molecule has 0 fully saturated rings. The second kappa shape index (κ2) is 11.6. The van der Waals surface area contributed by atoms with Gasteiger partial charge in [-0.05, 0) is 36.4 Å². The molecular formula is C28H24O8. The van der Waals surface area contributed by atoms with E-state index in [-0.39, 0.29) is 28.0 Å². The van der Waals surface area contributed by atoms with Gasteiger partial charge in [-0.15, -0.1) is 0 Å². The quantitative estimate of drug-likeness (QED) is 0.203. The van der Waals surface area contributed by atoms with Crippen molar-refractivity contribution in [2.75, 3.05) is 35.5 Å². The van der Waals surface area contributed by atoms with E-state index in [2.05, 4.69) is 16.6 Å². The molecule has 0 saturated heterocycles. The summed E-state index contributed by atoms with van der Waals surface area (Å²) in [6, 6.07) is 13.7. The first kappa shape index (κ1) is 25.8. The van der Waals surface area contributed by atoms with Crippen LogP contribution in [0, 0.1) is 11.8 Å². The summed E-state index contributed by atoms with van der Waals surface area (Å²) in [5.74, 6) is 5.48. The molecule has 3 aromatic carbocycles. The number of Topliss-reactive ketones (excluding diaryl/α,β-unsaturated/α-hetero) is 2. The van der Waals surface area contributed by atoms with E-state index in [1.807, 2.05) is 0 Å². The van der Waals surface area contributed by atoms with Crippen molar-refractivity contribution < 1.29 is 38.1 Å². The van der Waals surface area contributed by atoms with Crippen LogP contribution in [0.25, 0.3) is 0 Å². The van der Waals surface area contributed by atoms with Crippen LogP contribution in [0.15, 0.2) is 54.6 Å².